The van der Waals surface area contributed by atoms with Crippen LogP contribution in [-0.4, -0.2) is 125 Å². The van der Waals surface area contributed by atoms with Crippen molar-refractivity contribution >= 4 is 32.3 Å². The molecule has 0 radical (unpaired) electrons. The molecule has 0 bridgehead atoms. The molecule has 0 aliphatic rings. The summed E-state index contributed by atoms with van der Waals surface area (Å²) in [7, 11) is 3.26. The molecule has 0 aromatic heterocycles. The molecule has 0 atom stereocenters. The van der Waals surface area contributed by atoms with E-state index >= 15 is 0 Å². The van der Waals surface area contributed by atoms with Gasteiger partial charge in [0.25, 0.3) is 7.59 Å². The van der Waals surface area contributed by atoms with Crippen LogP contribution in [0.5, 0.6) is 0 Å². The quantitative estimate of drug-likeness (QED) is 0.0711. The first-order valence-electron chi connectivity index (χ1n) is 20.5. The maximum atomic E-state index is 12.1. The number of rotatable bonds is 24. The smallest absolute Gasteiger partial charge is 0.663 e. The van der Waals surface area contributed by atoms with Crippen LogP contribution < -0.4 is 0 Å². The average molecular weight is 1030 g/mol. The van der Waals surface area contributed by atoms with Gasteiger partial charge in [0.15, 0.2) is 0 Å². The van der Waals surface area contributed by atoms with Gasteiger partial charge in [-0.3, -0.25) is 4.57 Å². The summed E-state index contributed by atoms with van der Waals surface area (Å²) in [6.45, 7) is 49.7. The van der Waals surface area contributed by atoms with Crippen LogP contribution in [0.15, 0.2) is 0 Å². The molecule has 0 saturated carbocycles. The Hall–Kier alpha value is 1.65. The fraction of sp³-hybridized carbons (Fsp3) is 1.00. The zero-order chi connectivity index (χ0) is 40.9. The normalized spacial score (nSPS) is 13.9. The zero-order valence-electron chi connectivity index (χ0n) is 39.4. The van der Waals surface area contributed by atoms with Gasteiger partial charge in [-0.15, -0.1) is 19.6 Å². The predicted octanol–water partition coefficient (Wildman–Crippen LogP) is 12.7. The summed E-state index contributed by atoms with van der Waals surface area (Å²) in [5, 5.41) is 0. The second kappa shape index (κ2) is 25.9. The van der Waals surface area contributed by atoms with E-state index in [-0.39, 0.29) is 31.1 Å². The van der Waals surface area contributed by atoms with E-state index in [4.69, 9.17) is 14.9 Å². The Balaban J connectivity index is -0.00000171. The Morgan fingerprint density at radius 2 is 0.538 bits per heavy atom. The third-order valence-electron chi connectivity index (χ3n) is 12.3. The minimum Gasteiger partial charge on any atom is -0.663 e. The SMILES string of the molecule is CC(C)[Si]([N-]CCN(CC[N-][Si](C(C)C)(C(C)C)C(C)C)CC[N-][Si](C(C)C)(C(C)C)C(C)C)(C(C)C)C(C)C.CN(C)P(=O)(N(C)C)N(C)C.[U+4]. The van der Waals surface area contributed by atoms with Crippen LogP contribution >= 0.6 is 7.59 Å². The van der Waals surface area contributed by atoms with Crippen molar-refractivity contribution in [3.63, 3.8) is 0 Å². The van der Waals surface area contributed by atoms with Crippen molar-refractivity contribution in [2.24, 2.45) is 0 Å². The van der Waals surface area contributed by atoms with Gasteiger partial charge in [-0.2, -0.15) is 0 Å². The largest absolute Gasteiger partial charge is 4.00 e. The molecule has 0 fully saturated rings. The Kier molecular flexibility index (Phi) is 28.9. The van der Waals surface area contributed by atoms with E-state index in [0.717, 1.165) is 39.3 Å². The van der Waals surface area contributed by atoms with Crippen LogP contribution in [-0.2, 0) is 4.57 Å². The molecule has 0 rings (SSSR count). The average Bonchev–Trinajstić information content (AvgIpc) is 2.96. The summed E-state index contributed by atoms with van der Waals surface area (Å²) >= 11 is 0. The third-order valence-corrected chi connectivity index (χ3v) is 34.4. The molecule has 0 aromatic rings. The first-order chi connectivity index (χ1) is 23.1. The van der Waals surface area contributed by atoms with Crippen molar-refractivity contribution in [2.75, 3.05) is 81.6 Å². The Morgan fingerprint density at radius 1 is 0.385 bits per heavy atom. The van der Waals surface area contributed by atoms with Crippen LogP contribution in [0.25, 0.3) is 14.9 Å². The molecule has 0 aromatic carbocycles. The van der Waals surface area contributed by atoms with E-state index in [0.29, 0.717) is 49.9 Å². The van der Waals surface area contributed by atoms with Crippen LogP contribution in [0.1, 0.15) is 125 Å². The van der Waals surface area contributed by atoms with Gasteiger partial charge in [0.1, 0.15) is 0 Å². The van der Waals surface area contributed by atoms with E-state index in [1.807, 2.05) is 42.3 Å². The summed E-state index contributed by atoms with van der Waals surface area (Å²) in [6, 6.07) is 0. The van der Waals surface area contributed by atoms with E-state index in [9.17, 15) is 4.57 Å². The molecular formula is C39H93N7OPSi3U+. The summed E-state index contributed by atoms with van der Waals surface area (Å²) in [5.74, 6) is 0. The van der Waals surface area contributed by atoms with Gasteiger partial charge in [0, 0.05) is 0 Å². The van der Waals surface area contributed by atoms with Gasteiger partial charge in [-0.25, -0.2) is 14.0 Å². The number of nitrogens with zero attached hydrogens (tertiary/aromatic N) is 7. The molecule has 0 spiro atoms. The first-order valence-corrected chi connectivity index (χ1v) is 28.6. The minimum absolute atomic E-state index is 0. The summed E-state index contributed by atoms with van der Waals surface area (Å²) in [5.41, 5.74) is 6.09. The molecule has 0 heterocycles. The van der Waals surface area contributed by atoms with E-state index in [2.05, 4.69) is 130 Å². The topological polar surface area (TPSA) is 72.3 Å². The zero-order valence-corrected chi connectivity index (χ0v) is 47.5. The van der Waals surface area contributed by atoms with Crippen molar-refractivity contribution < 1.29 is 35.7 Å². The molecule has 0 aliphatic carbocycles. The Bertz CT molecular complexity index is 795. The molecule has 0 aliphatic heterocycles. The van der Waals surface area contributed by atoms with Crippen LogP contribution in [0.4, 0.5) is 0 Å². The summed E-state index contributed by atoms with van der Waals surface area (Å²) in [6.07, 6.45) is 0. The minimum atomic E-state index is -2.44. The predicted molar refractivity (Wildman–Crippen MR) is 243 cm³/mol. The van der Waals surface area contributed by atoms with Crippen LogP contribution in [0.3, 0.4) is 0 Å². The second-order valence-corrected chi connectivity index (χ2v) is 38.7. The molecule has 0 saturated heterocycles. The molecular weight excluding hydrogens is 936 g/mol. The number of hydrogen-bond donors (Lipinski definition) is 0. The van der Waals surface area contributed by atoms with Gasteiger partial charge in [0.2, 0.25) is 0 Å². The molecule has 0 amide bonds. The van der Waals surface area contributed by atoms with Crippen molar-refractivity contribution in [3.8, 4) is 0 Å². The maximum Gasteiger partial charge on any atom is 4.00 e. The maximum absolute atomic E-state index is 12.1. The molecule has 310 valence electrons. The fourth-order valence-corrected chi connectivity index (χ4v) is 29.1. The van der Waals surface area contributed by atoms with E-state index in [1.165, 1.54) is 0 Å². The van der Waals surface area contributed by atoms with Crippen molar-refractivity contribution in [1.29, 1.82) is 0 Å². The van der Waals surface area contributed by atoms with Gasteiger partial charge in [-0.05, 0) is 86.6 Å². The Labute approximate surface area is 355 Å². The monoisotopic (exact) mass is 1030 g/mol. The van der Waals surface area contributed by atoms with E-state index < -0.39 is 32.3 Å². The standard InChI is InChI=1S/C33H75N4Si3.C6H18N3OP.U/c1-25(2)38(26(3)4,27(5)6)34-19-22-37(23-20-35-39(28(7)8,29(9)10)30(11)12)24-21-36-40(31(13)14,32(15)16)33(17)18;1-7(2)11(10,8(3)4)9(5)6;/h25-33H,19-24H2,1-18H3;1-6H3;/q-3;;+4. The third kappa shape index (κ3) is 14.8. The number of hydrogen-bond acceptors (Lipinski definition) is 2. The van der Waals surface area contributed by atoms with Gasteiger partial charge in [-0.1, -0.05) is 174 Å². The molecule has 0 unspecified atom stereocenters. The van der Waals surface area contributed by atoms with E-state index in [1.54, 1.807) is 14.0 Å². The fourth-order valence-electron chi connectivity index (χ4n) is 10.2. The van der Waals surface area contributed by atoms with Crippen molar-refractivity contribution in [1.82, 2.24) is 18.9 Å². The molecule has 13 heteroatoms. The first kappa shape index (κ1) is 58.0. The van der Waals surface area contributed by atoms with Gasteiger partial charge < -0.3 is 19.8 Å². The van der Waals surface area contributed by atoms with Crippen molar-refractivity contribution in [3.05, 3.63) is 14.9 Å². The molecule has 8 nitrogen and oxygen atoms in total. The van der Waals surface area contributed by atoms with Gasteiger partial charge >= 0.3 is 31.1 Å². The second-order valence-electron chi connectivity index (χ2n) is 18.6. The molecule has 52 heavy (non-hydrogen) atoms. The molecule has 0 N–H and O–H groups in total. The van der Waals surface area contributed by atoms with Crippen molar-refractivity contribution in [2.45, 2.75) is 174 Å². The Morgan fingerprint density at radius 3 is 0.635 bits per heavy atom. The van der Waals surface area contributed by atoms with Crippen LogP contribution in [0, 0.1) is 31.1 Å². The van der Waals surface area contributed by atoms with Crippen LogP contribution in [0.2, 0.25) is 49.9 Å². The van der Waals surface area contributed by atoms with Gasteiger partial charge in [0.05, 0.1) is 0 Å². The summed E-state index contributed by atoms with van der Waals surface area (Å²) < 4.78 is 17.3. The summed E-state index contributed by atoms with van der Waals surface area (Å²) in [4.78, 5) is 19.6.